The van der Waals surface area contributed by atoms with Gasteiger partial charge in [-0.1, -0.05) is 18.7 Å². The van der Waals surface area contributed by atoms with Crippen LogP contribution in [0.2, 0.25) is 0 Å². The van der Waals surface area contributed by atoms with E-state index >= 15 is 0 Å². The molecule has 0 spiro atoms. The van der Waals surface area contributed by atoms with E-state index in [-0.39, 0.29) is 11.9 Å². The van der Waals surface area contributed by atoms with Gasteiger partial charge in [0.15, 0.2) is 5.75 Å². The number of aliphatic hydroxyl groups excluding tert-OH is 1. The highest BCUT2D eigenvalue weighted by atomic mass is 32.2. The van der Waals surface area contributed by atoms with Crippen LogP contribution in [0, 0.1) is 0 Å². The van der Waals surface area contributed by atoms with E-state index in [0.717, 1.165) is 10.8 Å². The van der Waals surface area contributed by atoms with Crippen molar-refractivity contribution < 1.29 is 9.84 Å². The molecule has 1 atom stereocenters. The molecule has 1 aromatic rings. The SMILES string of the molecule is CCOc1cccnc1SC(C)CO. The Labute approximate surface area is 88.5 Å². The zero-order valence-corrected chi connectivity index (χ0v) is 9.25. The number of aliphatic hydroxyl groups is 1. The number of aromatic nitrogens is 1. The lowest BCUT2D eigenvalue weighted by molar-refractivity contribution is 0.299. The van der Waals surface area contributed by atoms with Crippen LogP contribution in [-0.4, -0.2) is 28.6 Å². The molecule has 1 heterocycles. The van der Waals surface area contributed by atoms with Crippen LogP contribution in [0.4, 0.5) is 0 Å². The molecule has 1 unspecified atom stereocenters. The van der Waals surface area contributed by atoms with Crippen molar-refractivity contribution in [1.29, 1.82) is 0 Å². The van der Waals surface area contributed by atoms with E-state index < -0.39 is 0 Å². The number of pyridine rings is 1. The third-order valence-electron chi connectivity index (χ3n) is 1.61. The highest BCUT2D eigenvalue weighted by Gasteiger charge is 2.08. The van der Waals surface area contributed by atoms with Crippen molar-refractivity contribution in [1.82, 2.24) is 4.98 Å². The van der Waals surface area contributed by atoms with Crippen LogP contribution >= 0.6 is 11.8 Å². The van der Waals surface area contributed by atoms with Crippen molar-refractivity contribution in [2.45, 2.75) is 24.1 Å². The van der Waals surface area contributed by atoms with E-state index in [2.05, 4.69) is 4.98 Å². The molecular formula is C10H15NO2S. The van der Waals surface area contributed by atoms with Crippen LogP contribution < -0.4 is 4.74 Å². The zero-order chi connectivity index (χ0) is 10.4. The van der Waals surface area contributed by atoms with Gasteiger partial charge in [-0.15, -0.1) is 0 Å². The maximum Gasteiger partial charge on any atom is 0.151 e. The molecule has 0 aliphatic rings. The Hall–Kier alpha value is -0.740. The minimum Gasteiger partial charge on any atom is -0.491 e. The van der Waals surface area contributed by atoms with Crippen molar-refractivity contribution in [2.75, 3.05) is 13.2 Å². The average Bonchev–Trinajstić information content (AvgIpc) is 2.21. The molecule has 0 saturated heterocycles. The normalized spacial score (nSPS) is 12.5. The molecule has 0 aliphatic heterocycles. The second kappa shape index (κ2) is 5.88. The van der Waals surface area contributed by atoms with Gasteiger partial charge in [0, 0.05) is 11.4 Å². The van der Waals surface area contributed by atoms with Crippen molar-refractivity contribution in [3.05, 3.63) is 18.3 Å². The van der Waals surface area contributed by atoms with E-state index in [9.17, 15) is 0 Å². The molecule has 78 valence electrons. The molecule has 0 aromatic carbocycles. The molecule has 0 aliphatic carbocycles. The first-order valence-corrected chi connectivity index (χ1v) is 5.51. The first-order chi connectivity index (χ1) is 6.77. The minimum atomic E-state index is 0.143. The summed E-state index contributed by atoms with van der Waals surface area (Å²) in [5.74, 6) is 0.792. The summed E-state index contributed by atoms with van der Waals surface area (Å²) >= 11 is 1.52. The predicted octanol–water partition coefficient (Wildman–Crippen LogP) is 1.95. The van der Waals surface area contributed by atoms with Crippen LogP contribution in [0.25, 0.3) is 0 Å². The van der Waals surface area contributed by atoms with Crippen LogP contribution in [0.3, 0.4) is 0 Å². The molecule has 14 heavy (non-hydrogen) atoms. The van der Waals surface area contributed by atoms with Crippen molar-refractivity contribution in [3.63, 3.8) is 0 Å². The maximum absolute atomic E-state index is 8.93. The first kappa shape index (κ1) is 11.3. The fraction of sp³-hybridized carbons (Fsp3) is 0.500. The minimum absolute atomic E-state index is 0.143. The zero-order valence-electron chi connectivity index (χ0n) is 8.43. The summed E-state index contributed by atoms with van der Waals surface area (Å²) in [6.45, 7) is 4.67. The van der Waals surface area contributed by atoms with Gasteiger partial charge < -0.3 is 9.84 Å². The lowest BCUT2D eigenvalue weighted by Crippen LogP contribution is -2.03. The Morgan fingerprint density at radius 3 is 3.07 bits per heavy atom. The standard InChI is InChI=1S/C10H15NO2S/c1-3-13-9-5-4-6-11-10(9)14-8(2)7-12/h4-6,8,12H,3,7H2,1-2H3. The van der Waals surface area contributed by atoms with Gasteiger partial charge in [-0.2, -0.15) is 0 Å². The lowest BCUT2D eigenvalue weighted by atomic mass is 10.5. The Balaban J connectivity index is 2.73. The molecule has 3 nitrogen and oxygen atoms in total. The number of ether oxygens (including phenoxy) is 1. The summed E-state index contributed by atoms with van der Waals surface area (Å²) in [6, 6.07) is 3.74. The third kappa shape index (κ3) is 3.20. The molecule has 0 fully saturated rings. The van der Waals surface area contributed by atoms with E-state index in [1.165, 1.54) is 11.8 Å². The summed E-state index contributed by atoms with van der Waals surface area (Å²) in [5, 5.41) is 9.91. The van der Waals surface area contributed by atoms with Crippen molar-refractivity contribution >= 4 is 11.8 Å². The van der Waals surface area contributed by atoms with Crippen LogP contribution in [0.1, 0.15) is 13.8 Å². The Morgan fingerprint density at radius 1 is 1.64 bits per heavy atom. The van der Waals surface area contributed by atoms with Crippen LogP contribution in [0.15, 0.2) is 23.4 Å². The second-order valence-corrected chi connectivity index (χ2v) is 4.28. The quantitative estimate of drug-likeness (QED) is 0.759. The summed E-state index contributed by atoms with van der Waals surface area (Å²) < 4.78 is 5.42. The highest BCUT2D eigenvalue weighted by Crippen LogP contribution is 2.29. The van der Waals surface area contributed by atoms with Gasteiger partial charge in [0.1, 0.15) is 5.03 Å². The van der Waals surface area contributed by atoms with E-state index in [1.807, 2.05) is 26.0 Å². The third-order valence-corrected chi connectivity index (χ3v) is 2.69. The maximum atomic E-state index is 8.93. The van der Waals surface area contributed by atoms with Gasteiger partial charge in [-0.3, -0.25) is 0 Å². The van der Waals surface area contributed by atoms with Crippen LogP contribution in [-0.2, 0) is 0 Å². The van der Waals surface area contributed by atoms with Gasteiger partial charge in [0.25, 0.3) is 0 Å². The van der Waals surface area contributed by atoms with Crippen LogP contribution in [0.5, 0.6) is 5.75 Å². The molecule has 0 amide bonds. The Morgan fingerprint density at radius 2 is 2.43 bits per heavy atom. The number of rotatable bonds is 5. The molecule has 1 aromatic heterocycles. The van der Waals surface area contributed by atoms with Crippen molar-refractivity contribution in [2.24, 2.45) is 0 Å². The molecule has 1 N–H and O–H groups in total. The fourth-order valence-corrected chi connectivity index (χ4v) is 1.78. The molecule has 0 radical (unpaired) electrons. The van der Waals surface area contributed by atoms with E-state index in [4.69, 9.17) is 9.84 Å². The Kier molecular flexibility index (Phi) is 4.76. The second-order valence-electron chi connectivity index (χ2n) is 2.85. The molecule has 0 bridgehead atoms. The number of nitrogens with zero attached hydrogens (tertiary/aromatic N) is 1. The summed E-state index contributed by atoms with van der Waals surface area (Å²) in [6.07, 6.45) is 1.73. The average molecular weight is 213 g/mol. The summed E-state index contributed by atoms with van der Waals surface area (Å²) in [7, 11) is 0. The predicted molar refractivity (Wildman–Crippen MR) is 57.8 cm³/mol. The smallest absolute Gasteiger partial charge is 0.151 e. The summed E-state index contributed by atoms with van der Waals surface area (Å²) in [5.41, 5.74) is 0. The monoisotopic (exact) mass is 213 g/mol. The molecule has 4 heteroatoms. The molecule has 1 rings (SSSR count). The van der Waals surface area contributed by atoms with Gasteiger partial charge in [0.05, 0.1) is 13.2 Å². The fourth-order valence-electron chi connectivity index (χ4n) is 0.958. The topological polar surface area (TPSA) is 42.4 Å². The number of hydrogen-bond acceptors (Lipinski definition) is 4. The van der Waals surface area contributed by atoms with Gasteiger partial charge in [-0.25, -0.2) is 4.98 Å². The molecule has 0 saturated carbocycles. The Bertz CT molecular complexity index is 281. The van der Waals surface area contributed by atoms with E-state index in [1.54, 1.807) is 6.20 Å². The van der Waals surface area contributed by atoms with Gasteiger partial charge >= 0.3 is 0 Å². The highest BCUT2D eigenvalue weighted by molar-refractivity contribution is 8.00. The lowest BCUT2D eigenvalue weighted by Gasteiger charge is -2.10. The van der Waals surface area contributed by atoms with E-state index in [0.29, 0.717) is 6.61 Å². The van der Waals surface area contributed by atoms with Gasteiger partial charge in [0.2, 0.25) is 0 Å². The number of hydrogen-bond donors (Lipinski definition) is 1. The summed E-state index contributed by atoms with van der Waals surface area (Å²) in [4.78, 5) is 4.21. The first-order valence-electron chi connectivity index (χ1n) is 4.63. The molecular weight excluding hydrogens is 198 g/mol. The van der Waals surface area contributed by atoms with Gasteiger partial charge in [-0.05, 0) is 19.1 Å². The van der Waals surface area contributed by atoms with Crippen molar-refractivity contribution in [3.8, 4) is 5.75 Å². The number of thioether (sulfide) groups is 1. The largest absolute Gasteiger partial charge is 0.491 e.